The van der Waals surface area contributed by atoms with Crippen LogP contribution in [-0.4, -0.2) is 0 Å². The Labute approximate surface area is 114 Å². The first-order valence-electron chi connectivity index (χ1n) is 5.65. The van der Waals surface area contributed by atoms with E-state index in [0.29, 0.717) is 0 Å². The summed E-state index contributed by atoms with van der Waals surface area (Å²) in [6.07, 6.45) is 0.752. The Morgan fingerprint density at radius 1 is 1.17 bits per heavy atom. The van der Waals surface area contributed by atoms with Crippen molar-refractivity contribution in [2.24, 2.45) is 5.84 Å². The molecule has 4 heteroatoms. The molecule has 0 amide bonds. The summed E-state index contributed by atoms with van der Waals surface area (Å²) in [5, 5.41) is 0. The van der Waals surface area contributed by atoms with Crippen molar-refractivity contribution in [2.75, 3.05) is 0 Å². The Bertz CT molecular complexity index is 513. The summed E-state index contributed by atoms with van der Waals surface area (Å²) < 4.78 is 13.9. The van der Waals surface area contributed by atoms with Crippen LogP contribution >= 0.6 is 15.9 Å². The standard InChI is InChI=1S/C14H14BrFN2/c15-12-3-1-2-10(8-12)9-14(18-17)11-4-6-13(16)7-5-11/h1-8,14,18H,9,17H2. The number of nitrogens with one attached hydrogen (secondary N) is 1. The van der Waals surface area contributed by atoms with E-state index in [9.17, 15) is 4.39 Å². The summed E-state index contributed by atoms with van der Waals surface area (Å²) in [6, 6.07) is 14.4. The molecule has 94 valence electrons. The fraction of sp³-hybridized carbons (Fsp3) is 0.143. The molecule has 18 heavy (non-hydrogen) atoms. The van der Waals surface area contributed by atoms with E-state index in [1.54, 1.807) is 12.1 Å². The van der Waals surface area contributed by atoms with Crippen LogP contribution in [-0.2, 0) is 6.42 Å². The lowest BCUT2D eigenvalue weighted by molar-refractivity contribution is 0.549. The minimum Gasteiger partial charge on any atom is -0.271 e. The predicted octanol–water partition coefficient (Wildman–Crippen LogP) is 3.34. The molecule has 0 aliphatic rings. The van der Waals surface area contributed by atoms with Crippen molar-refractivity contribution < 1.29 is 4.39 Å². The molecular weight excluding hydrogens is 295 g/mol. The van der Waals surface area contributed by atoms with Crippen molar-refractivity contribution in [2.45, 2.75) is 12.5 Å². The predicted molar refractivity (Wildman–Crippen MR) is 74.3 cm³/mol. The number of hydrogen-bond donors (Lipinski definition) is 2. The SMILES string of the molecule is NNC(Cc1cccc(Br)c1)c1ccc(F)cc1. The molecule has 0 radical (unpaired) electrons. The molecule has 0 aliphatic heterocycles. The van der Waals surface area contributed by atoms with Gasteiger partial charge in [0.05, 0.1) is 0 Å². The average Bonchev–Trinajstić information content (AvgIpc) is 2.37. The normalized spacial score (nSPS) is 12.4. The molecule has 0 bridgehead atoms. The molecule has 0 saturated carbocycles. The second-order valence-electron chi connectivity index (χ2n) is 4.10. The lowest BCUT2D eigenvalue weighted by Gasteiger charge is -2.16. The Hall–Kier alpha value is -1.23. The molecule has 0 saturated heterocycles. The zero-order valence-corrected chi connectivity index (χ0v) is 11.3. The summed E-state index contributed by atoms with van der Waals surface area (Å²) in [5.41, 5.74) is 4.90. The van der Waals surface area contributed by atoms with Gasteiger partial charge in [-0.3, -0.25) is 11.3 Å². The van der Waals surface area contributed by atoms with Gasteiger partial charge in [0.1, 0.15) is 5.82 Å². The molecule has 2 rings (SSSR count). The molecule has 0 spiro atoms. The summed E-state index contributed by atoms with van der Waals surface area (Å²) in [7, 11) is 0. The molecule has 0 heterocycles. The first-order valence-corrected chi connectivity index (χ1v) is 6.44. The van der Waals surface area contributed by atoms with Crippen LogP contribution < -0.4 is 11.3 Å². The number of hydrogen-bond acceptors (Lipinski definition) is 2. The Morgan fingerprint density at radius 2 is 1.89 bits per heavy atom. The molecule has 1 atom stereocenters. The third-order valence-corrected chi connectivity index (χ3v) is 3.30. The summed E-state index contributed by atoms with van der Waals surface area (Å²) in [5.74, 6) is 5.33. The highest BCUT2D eigenvalue weighted by Crippen LogP contribution is 2.20. The van der Waals surface area contributed by atoms with Crippen molar-refractivity contribution in [3.05, 3.63) is 69.9 Å². The number of nitrogens with two attached hydrogens (primary N) is 1. The Balaban J connectivity index is 2.17. The van der Waals surface area contributed by atoms with E-state index in [4.69, 9.17) is 5.84 Å². The number of rotatable bonds is 4. The molecule has 2 nitrogen and oxygen atoms in total. The topological polar surface area (TPSA) is 38.0 Å². The van der Waals surface area contributed by atoms with E-state index in [0.717, 1.165) is 22.0 Å². The van der Waals surface area contributed by atoms with Crippen LogP contribution in [0.1, 0.15) is 17.2 Å². The minimum absolute atomic E-state index is 0.0279. The molecule has 0 aromatic heterocycles. The van der Waals surface area contributed by atoms with E-state index in [1.165, 1.54) is 12.1 Å². The van der Waals surface area contributed by atoms with Crippen LogP contribution in [0.15, 0.2) is 53.0 Å². The molecular formula is C14H14BrFN2. The van der Waals surface area contributed by atoms with Crippen LogP contribution in [0.25, 0.3) is 0 Å². The zero-order valence-electron chi connectivity index (χ0n) is 9.74. The van der Waals surface area contributed by atoms with Crippen LogP contribution in [0.4, 0.5) is 4.39 Å². The highest BCUT2D eigenvalue weighted by Gasteiger charge is 2.10. The molecule has 0 fully saturated rings. The van der Waals surface area contributed by atoms with E-state index in [-0.39, 0.29) is 11.9 Å². The maximum Gasteiger partial charge on any atom is 0.123 e. The van der Waals surface area contributed by atoms with Gasteiger partial charge in [0.15, 0.2) is 0 Å². The van der Waals surface area contributed by atoms with Crippen molar-refractivity contribution in [3.63, 3.8) is 0 Å². The van der Waals surface area contributed by atoms with E-state index >= 15 is 0 Å². The van der Waals surface area contributed by atoms with Gasteiger partial charge in [-0.25, -0.2) is 4.39 Å². The highest BCUT2D eigenvalue weighted by atomic mass is 79.9. The first kappa shape index (κ1) is 13.2. The van der Waals surface area contributed by atoms with Gasteiger partial charge in [0.25, 0.3) is 0 Å². The van der Waals surface area contributed by atoms with Crippen molar-refractivity contribution in [1.82, 2.24) is 5.43 Å². The van der Waals surface area contributed by atoms with Gasteiger partial charge < -0.3 is 0 Å². The van der Waals surface area contributed by atoms with Crippen molar-refractivity contribution >= 4 is 15.9 Å². The monoisotopic (exact) mass is 308 g/mol. The van der Waals surface area contributed by atoms with E-state index in [1.807, 2.05) is 24.3 Å². The second-order valence-corrected chi connectivity index (χ2v) is 5.02. The molecule has 1 unspecified atom stereocenters. The molecule has 2 aromatic carbocycles. The largest absolute Gasteiger partial charge is 0.271 e. The van der Waals surface area contributed by atoms with Crippen LogP contribution in [0.3, 0.4) is 0 Å². The Kier molecular flexibility index (Phi) is 4.47. The zero-order chi connectivity index (χ0) is 13.0. The van der Waals surface area contributed by atoms with E-state index < -0.39 is 0 Å². The van der Waals surface area contributed by atoms with Gasteiger partial charge >= 0.3 is 0 Å². The molecule has 0 aliphatic carbocycles. The second kappa shape index (κ2) is 6.09. The Morgan fingerprint density at radius 3 is 2.50 bits per heavy atom. The van der Waals surface area contributed by atoms with Crippen molar-refractivity contribution in [1.29, 1.82) is 0 Å². The number of halogens is 2. The first-order chi connectivity index (χ1) is 8.69. The number of hydrazine groups is 1. The molecule has 2 aromatic rings. The van der Waals surface area contributed by atoms with Crippen LogP contribution in [0.2, 0.25) is 0 Å². The maximum absolute atomic E-state index is 12.9. The van der Waals surface area contributed by atoms with Crippen LogP contribution in [0.5, 0.6) is 0 Å². The third kappa shape index (κ3) is 3.38. The van der Waals surface area contributed by atoms with Crippen LogP contribution in [0, 0.1) is 5.82 Å². The smallest absolute Gasteiger partial charge is 0.123 e. The molecule has 3 N–H and O–H groups in total. The van der Waals surface area contributed by atoms with Gasteiger partial charge in [-0.15, -0.1) is 0 Å². The van der Waals surface area contributed by atoms with Gasteiger partial charge in [-0.2, -0.15) is 0 Å². The summed E-state index contributed by atoms with van der Waals surface area (Å²) >= 11 is 3.44. The lowest BCUT2D eigenvalue weighted by atomic mass is 9.99. The number of benzene rings is 2. The van der Waals surface area contributed by atoms with Gasteiger partial charge in [-0.05, 0) is 41.8 Å². The summed E-state index contributed by atoms with van der Waals surface area (Å²) in [4.78, 5) is 0. The van der Waals surface area contributed by atoms with Gasteiger partial charge in [0, 0.05) is 10.5 Å². The fourth-order valence-electron chi connectivity index (χ4n) is 1.87. The van der Waals surface area contributed by atoms with Gasteiger partial charge in [0.2, 0.25) is 0 Å². The highest BCUT2D eigenvalue weighted by molar-refractivity contribution is 9.10. The maximum atomic E-state index is 12.9. The van der Waals surface area contributed by atoms with Crippen molar-refractivity contribution in [3.8, 4) is 0 Å². The fourth-order valence-corrected chi connectivity index (χ4v) is 2.31. The summed E-state index contributed by atoms with van der Waals surface area (Å²) in [6.45, 7) is 0. The third-order valence-electron chi connectivity index (χ3n) is 2.80. The minimum atomic E-state index is -0.239. The van der Waals surface area contributed by atoms with Gasteiger partial charge in [-0.1, -0.05) is 40.2 Å². The average molecular weight is 309 g/mol. The van der Waals surface area contributed by atoms with E-state index in [2.05, 4.69) is 21.4 Å². The quantitative estimate of drug-likeness (QED) is 0.671. The lowest BCUT2D eigenvalue weighted by Crippen LogP contribution is -2.29.